The van der Waals surface area contributed by atoms with Crippen LogP contribution in [0.15, 0.2) is 18.2 Å². The van der Waals surface area contributed by atoms with E-state index in [0.29, 0.717) is 12.3 Å². The van der Waals surface area contributed by atoms with E-state index in [2.05, 4.69) is 11.4 Å². The van der Waals surface area contributed by atoms with Crippen LogP contribution in [0, 0.1) is 0 Å². The molecule has 0 spiro atoms. The summed E-state index contributed by atoms with van der Waals surface area (Å²) in [6.07, 6.45) is 0.605. The quantitative estimate of drug-likeness (QED) is 0.735. The number of aliphatic hydroxyl groups is 1. The first-order valence-electron chi connectivity index (χ1n) is 5.80. The largest absolute Gasteiger partial charge is 0.381 e. The lowest BCUT2D eigenvalue weighted by molar-refractivity contribution is -0.125. The first kappa shape index (κ1) is 10.00. The minimum absolute atomic E-state index is 0.0617. The molecule has 0 radical (unpaired) electrons. The van der Waals surface area contributed by atoms with E-state index in [1.165, 1.54) is 5.56 Å². The fraction of sp³-hybridized carbons (Fsp3) is 0.462. The van der Waals surface area contributed by atoms with Gasteiger partial charge in [0.15, 0.2) is 5.78 Å². The fourth-order valence-corrected chi connectivity index (χ4v) is 2.84. The van der Waals surface area contributed by atoms with Crippen LogP contribution < -0.4 is 5.32 Å². The second-order valence-electron chi connectivity index (χ2n) is 4.66. The van der Waals surface area contributed by atoms with Crippen LogP contribution in [0.25, 0.3) is 0 Å². The van der Waals surface area contributed by atoms with Crippen LogP contribution in [0.4, 0.5) is 0 Å². The molecule has 0 saturated carbocycles. The number of rotatable bonds is 1. The number of benzene rings is 1. The Hall–Kier alpha value is -1.19. The molecule has 2 N–H and O–H groups in total. The Kier molecular flexibility index (Phi) is 2.30. The van der Waals surface area contributed by atoms with Gasteiger partial charge in [0.2, 0.25) is 0 Å². The molecule has 1 heterocycles. The number of hydrogen-bond acceptors (Lipinski definition) is 3. The van der Waals surface area contributed by atoms with E-state index in [1.807, 2.05) is 12.1 Å². The molecular weight excluding hydrogens is 202 g/mol. The van der Waals surface area contributed by atoms with Crippen LogP contribution >= 0.6 is 0 Å². The topological polar surface area (TPSA) is 49.3 Å². The predicted octanol–water partition coefficient (Wildman–Crippen LogP) is 0.922. The van der Waals surface area contributed by atoms with Crippen LogP contribution in [0.3, 0.4) is 0 Å². The summed E-state index contributed by atoms with van der Waals surface area (Å²) in [4.78, 5) is 11.5. The maximum Gasteiger partial charge on any atom is 0.170 e. The molecule has 2 atom stereocenters. The van der Waals surface area contributed by atoms with Gasteiger partial charge in [-0.1, -0.05) is 18.2 Å². The molecule has 3 rings (SSSR count). The molecule has 3 nitrogen and oxygen atoms in total. The van der Waals surface area contributed by atoms with Crippen molar-refractivity contribution in [1.29, 1.82) is 0 Å². The fourth-order valence-electron chi connectivity index (χ4n) is 2.84. The molecule has 0 amide bonds. The molecule has 3 heteroatoms. The number of Topliss-reactive ketones (excluding diaryl/α,β-unsaturated/α-hetero) is 1. The maximum absolute atomic E-state index is 11.5. The summed E-state index contributed by atoms with van der Waals surface area (Å²) in [5.74, 6) is 0.393. The van der Waals surface area contributed by atoms with Gasteiger partial charge in [0.05, 0.1) is 0 Å². The number of aliphatic hydroxyl groups excluding tert-OH is 1. The molecule has 1 aliphatic carbocycles. The second kappa shape index (κ2) is 3.68. The highest BCUT2D eigenvalue weighted by molar-refractivity contribution is 5.91. The lowest BCUT2D eigenvalue weighted by Gasteiger charge is -2.15. The number of ketones is 1. The molecule has 1 aromatic rings. The van der Waals surface area contributed by atoms with Crippen molar-refractivity contribution in [2.45, 2.75) is 24.9 Å². The lowest BCUT2D eigenvalue weighted by atomic mass is 9.91. The summed E-state index contributed by atoms with van der Waals surface area (Å²) < 4.78 is 0. The molecular formula is C13H15NO2. The lowest BCUT2D eigenvalue weighted by Crippen LogP contribution is -2.11. The van der Waals surface area contributed by atoms with Crippen molar-refractivity contribution in [2.24, 2.45) is 0 Å². The Morgan fingerprint density at radius 1 is 1.38 bits per heavy atom. The van der Waals surface area contributed by atoms with Crippen molar-refractivity contribution in [3.05, 3.63) is 34.9 Å². The van der Waals surface area contributed by atoms with E-state index in [9.17, 15) is 9.90 Å². The highest BCUT2D eigenvalue weighted by Gasteiger charge is 2.33. The monoisotopic (exact) mass is 217 g/mol. The van der Waals surface area contributed by atoms with Crippen molar-refractivity contribution in [2.75, 3.05) is 13.1 Å². The number of fused-ring (bicyclic) bond motifs is 1. The Morgan fingerprint density at radius 3 is 3.00 bits per heavy atom. The summed E-state index contributed by atoms with van der Waals surface area (Å²) in [5.41, 5.74) is 3.07. The summed E-state index contributed by atoms with van der Waals surface area (Å²) in [6, 6.07) is 6.01. The first-order valence-corrected chi connectivity index (χ1v) is 5.80. The van der Waals surface area contributed by atoms with Crippen LogP contribution in [0.2, 0.25) is 0 Å². The molecule has 16 heavy (non-hydrogen) atoms. The van der Waals surface area contributed by atoms with Gasteiger partial charge in [-0.05, 0) is 35.6 Å². The van der Waals surface area contributed by atoms with E-state index in [-0.39, 0.29) is 5.78 Å². The SMILES string of the molecule is O=C1Cc2cccc(C3CCNC3)c2C1O. The van der Waals surface area contributed by atoms with Gasteiger partial charge >= 0.3 is 0 Å². The Labute approximate surface area is 94.5 Å². The van der Waals surface area contributed by atoms with Crippen LogP contribution in [-0.2, 0) is 11.2 Å². The van der Waals surface area contributed by atoms with E-state index in [0.717, 1.165) is 30.6 Å². The second-order valence-corrected chi connectivity index (χ2v) is 4.66. The third kappa shape index (κ3) is 1.39. The molecule has 2 unspecified atom stereocenters. The van der Waals surface area contributed by atoms with Crippen LogP contribution in [0.5, 0.6) is 0 Å². The summed E-state index contributed by atoms with van der Waals surface area (Å²) >= 11 is 0. The van der Waals surface area contributed by atoms with Crippen molar-refractivity contribution >= 4 is 5.78 Å². The average molecular weight is 217 g/mol. The van der Waals surface area contributed by atoms with Gasteiger partial charge in [-0.2, -0.15) is 0 Å². The molecule has 1 aliphatic heterocycles. The smallest absolute Gasteiger partial charge is 0.170 e. The highest BCUT2D eigenvalue weighted by Crippen LogP contribution is 2.36. The van der Waals surface area contributed by atoms with Gasteiger partial charge < -0.3 is 10.4 Å². The van der Waals surface area contributed by atoms with Gasteiger partial charge in [0.25, 0.3) is 0 Å². The molecule has 2 aliphatic rings. The van der Waals surface area contributed by atoms with Crippen molar-refractivity contribution in [3.8, 4) is 0 Å². The van der Waals surface area contributed by atoms with Gasteiger partial charge in [-0.3, -0.25) is 4.79 Å². The molecule has 0 bridgehead atoms. The van der Waals surface area contributed by atoms with Crippen molar-refractivity contribution in [3.63, 3.8) is 0 Å². The number of carbonyl (C=O) groups excluding carboxylic acids is 1. The zero-order chi connectivity index (χ0) is 11.1. The Bertz CT molecular complexity index is 436. The molecule has 1 saturated heterocycles. The number of nitrogens with one attached hydrogen (secondary N) is 1. The number of carbonyl (C=O) groups is 1. The average Bonchev–Trinajstić information content (AvgIpc) is 2.88. The van der Waals surface area contributed by atoms with Gasteiger partial charge in [0, 0.05) is 13.0 Å². The molecule has 84 valence electrons. The molecule has 0 aromatic heterocycles. The molecule has 1 fully saturated rings. The summed E-state index contributed by atoms with van der Waals surface area (Å²) in [7, 11) is 0. The zero-order valence-electron chi connectivity index (χ0n) is 9.07. The van der Waals surface area contributed by atoms with E-state index in [4.69, 9.17) is 0 Å². The standard InChI is InChI=1S/C13H15NO2/c15-11-6-8-2-1-3-10(12(8)13(11)16)9-4-5-14-7-9/h1-3,9,13-14,16H,4-7H2. The zero-order valence-corrected chi connectivity index (χ0v) is 9.07. The third-order valence-corrected chi connectivity index (χ3v) is 3.67. The summed E-state index contributed by atoms with van der Waals surface area (Å²) in [5, 5.41) is 13.2. The van der Waals surface area contributed by atoms with Gasteiger partial charge in [0.1, 0.15) is 6.10 Å². The Morgan fingerprint density at radius 2 is 2.25 bits per heavy atom. The molecule has 1 aromatic carbocycles. The third-order valence-electron chi connectivity index (χ3n) is 3.67. The predicted molar refractivity (Wildman–Crippen MR) is 60.3 cm³/mol. The highest BCUT2D eigenvalue weighted by atomic mass is 16.3. The van der Waals surface area contributed by atoms with E-state index >= 15 is 0 Å². The van der Waals surface area contributed by atoms with Crippen LogP contribution in [-0.4, -0.2) is 24.0 Å². The number of hydrogen-bond donors (Lipinski definition) is 2. The minimum Gasteiger partial charge on any atom is -0.381 e. The minimum atomic E-state index is -0.883. The first-order chi connectivity index (χ1) is 7.77. The van der Waals surface area contributed by atoms with Crippen LogP contribution in [0.1, 0.15) is 35.1 Å². The normalized spacial score (nSPS) is 28.4. The maximum atomic E-state index is 11.5. The van der Waals surface area contributed by atoms with Gasteiger partial charge in [-0.25, -0.2) is 0 Å². The van der Waals surface area contributed by atoms with E-state index in [1.54, 1.807) is 0 Å². The van der Waals surface area contributed by atoms with Crippen molar-refractivity contribution in [1.82, 2.24) is 5.32 Å². The van der Waals surface area contributed by atoms with Gasteiger partial charge in [-0.15, -0.1) is 0 Å². The summed E-state index contributed by atoms with van der Waals surface area (Å²) in [6.45, 7) is 1.98. The van der Waals surface area contributed by atoms with E-state index < -0.39 is 6.10 Å². The Balaban J connectivity index is 2.07. The van der Waals surface area contributed by atoms with Crippen molar-refractivity contribution < 1.29 is 9.90 Å².